The number of rotatable bonds is 2. The van der Waals surface area contributed by atoms with E-state index in [9.17, 15) is 4.79 Å². The van der Waals surface area contributed by atoms with E-state index < -0.39 is 0 Å². The molecule has 1 heterocycles. The van der Waals surface area contributed by atoms with Crippen LogP contribution >= 0.6 is 0 Å². The molecule has 0 saturated heterocycles. The van der Waals surface area contributed by atoms with E-state index in [4.69, 9.17) is 0 Å². The number of anilines is 1. The minimum Gasteiger partial charge on any atom is -0.384 e. The van der Waals surface area contributed by atoms with Crippen LogP contribution < -0.4 is 5.32 Å². The van der Waals surface area contributed by atoms with E-state index in [1.807, 2.05) is 30.1 Å². The summed E-state index contributed by atoms with van der Waals surface area (Å²) in [4.78, 5) is 14.0. The van der Waals surface area contributed by atoms with Gasteiger partial charge in [-0.05, 0) is 43.0 Å². The third kappa shape index (κ3) is 1.56. The summed E-state index contributed by atoms with van der Waals surface area (Å²) in [6, 6.07) is 6.48. The maximum atomic E-state index is 12.1. The van der Waals surface area contributed by atoms with Gasteiger partial charge in [0.25, 0.3) is 5.91 Å². The molecule has 1 aromatic rings. The zero-order chi connectivity index (χ0) is 11.1. The van der Waals surface area contributed by atoms with Crippen LogP contribution in [0.2, 0.25) is 0 Å². The summed E-state index contributed by atoms with van der Waals surface area (Å²) in [6.07, 6.45) is 3.35. The molecule has 84 valence electrons. The molecule has 1 amide bonds. The lowest BCUT2D eigenvalue weighted by Gasteiger charge is -2.16. The fraction of sp³-hybridized carbons (Fsp3) is 0.462. The summed E-state index contributed by atoms with van der Waals surface area (Å²) < 4.78 is 0. The molecule has 16 heavy (non-hydrogen) atoms. The number of benzene rings is 1. The summed E-state index contributed by atoms with van der Waals surface area (Å²) in [5.41, 5.74) is 3.29. The lowest BCUT2D eigenvalue weighted by Crippen LogP contribution is -2.28. The first-order valence-corrected chi connectivity index (χ1v) is 5.89. The van der Waals surface area contributed by atoms with Gasteiger partial charge in [-0.1, -0.05) is 0 Å². The van der Waals surface area contributed by atoms with Crippen LogP contribution in [-0.2, 0) is 6.42 Å². The molecule has 1 aliphatic carbocycles. The minimum atomic E-state index is 0.164. The highest BCUT2D eigenvalue weighted by Gasteiger charge is 2.30. The van der Waals surface area contributed by atoms with Crippen LogP contribution in [0.3, 0.4) is 0 Å². The number of hydrogen-bond donors (Lipinski definition) is 1. The van der Waals surface area contributed by atoms with Crippen molar-refractivity contribution in [1.29, 1.82) is 0 Å². The molecule has 3 nitrogen and oxygen atoms in total. The molecule has 2 aliphatic rings. The van der Waals surface area contributed by atoms with E-state index in [0.29, 0.717) is 6.04 Å². The molecule has 0 bridgehead atoms. The maximum absolute atomic E-state index is 12.1. The molecule has 1 N–H and O–H groups in total. The van der Waals surface area contributed by atoms with Gasteiger partial charge in [0.1, 0.15) is 0 Å². The van der Waals surface area contributed by atoms with Crippen LogP contribution in [0, 0.1) is 0 Å². The fourth-order valence-electron chi connectivity index (χ4n) is 2.27. The van der Waals surface area contributed by atoms with Crippen LogP contribution in [0.15, 0.2) is 18.2 Å². The van der Waals surface area contributed by atoms with Crippen LogP contribution in [0.4, 0.5) is 5.69 Å². The monoisotopic (exact) mass is 216 g/mol. The molecule has 1 saturated carbocycles. The number of nitrogens with one attached hydrogen (secondary N) is 1. The number of hydrogen-bond acceptors (Lipinski definition) is 2. The second-order valence-corrected chi connectivity index (χ2v) is 4.70. The molecular weight excluding hydrogens is 200 g/mol. The second kappa shape index (κ2) is 3.51. The number of carbonyl (C=O) groups is 1. The van der Waals surface area contributed by atoms with E-state index in [1.54, 1.807) is 0 Å². The average Bonchev–Trinajstić information content (AvgIpc) is 3.05. The third-order valence-electron chi connectivity index (χ3n) is 3.48. The summed E-state index contributed by atoms with van der Waals surface area (Å²) >= 11 is 0. The van der Waals surface area contributed by atoms with Gasteiger partial charge >= 0.3 is 0 Å². The Hall–Kier alpha value is -1.51. The van der Waals surface area contributed by atoms with Crippen molar-refractivity contribution < 1.29 is 4.79 Å². The van der Waals surface area contributed by atoms with Crippen LogP contribution in [0.5, 0.6) is 0 Å². The zero-order valence-corrected chi connectivity index (χ0v) is 9.49. The van der Waals surface area contributed by atoms with Crippen molar-refractivity contribution in [2.24, 2.45) is 0 Å². The molecule has 0 atom stereocenters. The molecule has 3 heteroatoms. The van der Waals surface area contributed by atoms with Crippen molar-refractivity contribution in [3.8, 4) is 0 Å². The number of nitrogens with zero attached hydrogens (tertiary/aromatic N) is 1. The lowest BCUT2D eigenvalue weighted by atomic mass is 10.1. The Morgan fingerprint density at radius 2 is 2.25 bits per heavy atom. The Bertz CT molecular complexity index is 438. The Kier molecular flexibility index (Phi) is 2.13. The normalized spacial score (nSPS) is 17.8. The molecule has 1 fully saturated rings. The highest BCUT2D eigenvalue weighted by Crippen LogP contribution is 2.28. The molecule has 0 unspecified atom stereocenters. The van der Waals surface area contributed by atoms with Gasteiger partial charge in [-0.3, -0.25) is 4.79 Å². The molecule has 3 rings (SSSR count). The highest BCUT2D eigenvalue weighted by atomic mass is 16.2. The summed E-state index contributed by atoms with van der Waals surface area (Å²) in [5.74, 6) is 0.164. The predicted molar refractivity (Wildman–Crippen MR) is 63.8 cm³/mol. The Labute approximate surface area is 95.4 Å². The SMILES string of the molecule is CN(C(=O)c1ccc2c(c1)CCN2)C1CC1. The minimum absolute atomic E-state index is 0.164. The topological polar surface area (TPSA) is 32.3 Å². The standard InChI is InChI=1S/C13H16N2O/c1-15(11-3-4-11)13(16)10-2-5-12-9(8-10)6-7-14-12/h2,5,8,11,14H,3-4,6-7H2,1H3. The van der Waals surface area contributed by atoms with Crippen molar-refractivity contribution in [2.75, 3.05) is 18.9 Å². The first kappa shape index (κ1) is 9.70. The van der Waals surface area contributed by atoms with Gasteiger partial charge in [0.2, 0.25) is 0 Å². The summed E-state index contributed by atoms with van der Waals surface area (Å²) in [6.45, 7) is 0.992. The van der Waals surface area contributed by atoms with Crippen molar-refractivity contribution in [2.45, 2.75) is 25.3 Å². The van der Waals surface area contributed by atoms with E-state index in [0.717, 1.165) is 31.4 Å². The summed E-state index contributed by atoms with van der Waals surface area (Å²) in [5, 5.41) is 3.31. The number of amides is 1. The first-order valence-electron chi connectivity index (χ1n) is 5.89. The van der Waals surface area contributed by atoms with Gasteiger partial charge in [0, 0.05) is 30.9 Å². The van der Waals surface area contributed by atoms with Crippen molar-refractivity contribution in [3.63, 3.8) is 0 Å². The van der Waals surface area contributed by atoms with Gasteiger partial charge in [-0.25, -0.2) is 0 Å². The van der Waals surface area contributed by atoms with E-state index in [-0.39, 0.29) is 5.91 Å². The Morgan fingerprint density at radius 3 is 3.00 bits per heavy atom. The van der Waals surface area contributed by atoms with E-state index in [2.05, 4.69) is 5.32 Å². The lowest BCUT2D eigenvalue weighted by molar-refractivity contribution is 0.0785. The Balaban J connectivity index is 1.85. The molecule has 1 aromatic carbocycles. The largest absolute Gasteiger partial charge is 0.384 e. The molecular formula is C13H16N2O. The van der Waals surface area contributed by atoms with Crippen molar-refractivity contribution >= 4 is 11.6 Å². The van der Waals surface area contributed by atoms with Crippen molar-refractivity contribution in [3.05, 3.63) is 29.3 Å². The first-order chi connectivity index (χ1) is 7.75. The highest BCUT2D eigenvalue weighted by molar-refractivity contribution is 5.95. The maximum Gasteiger partial charge on any atom is 0.253 e. The van der Waals surface area contributed by atoms with Gasteiger partial charge in [0.15, 0.2) is 0 Å². The number of fused-ring (bicyclic) bond motifs is 1. The second-order valence-electron chi connectivity index (χ2n) is 4.70. The average molecular weight is 216 g/mol. The fourth-order valence-corrected chi connectivity index (χ4v) is 2.27. The third-order valence-corrected chi connectivity index (χ3v) is 3.48. The van der Waals surface area contributed by atoms with Gasteiger partial charge < -0.3 is 10.2 Å². The van der Waals surface area contributed by atoms with E-state index in [1.165, 1.54) is 11.3 Å². The number of carbonyl (C=O) groups excluding carboxylic acids is 1. The quantitative estimate of drug-likeness (QED) is 0.818. The zero-order valence-electron chi connectivity index (χ0n) is 9.49. The Morgan fingerprint density at radius 1 is 1.44 bits per heavy atom. The van der Waals surface area contributed by atoms with Gasteiger partial charge in [0.05, 0.1) is 0 Å². The van der Waals surface area contributed by atoms with Crippen LogP contribution in [0.1, 0.15) is 28.8 Å². The molecule has 0 aromatic heterocycles. The van der Waals surface area contributed by atoms with Crippen LogP contribution in [0.25, 0.3) is 0 Å². The molecule has 0 radical (unpaired) electrons. The smallest absolute Gasteiger partial charge is 0.253 e. The van der Waals surface area contributed by atoms with Crippen molar-refractivity contribution in [1.82, 2.24) is 4.90 Å². The summed E-state index contributed by atoms with van der Waals surface area (Å²) in [7, 11) is 1.91. The van der Waals surface area contributed by atoms with Gasteiger partial charge in [-0.2, -0.15) is 0 Å². The predicted octanol–water partition coefficient (Wildman–Crippen LogP) is 1.89. The molecule has 0 spiro atoms. The van der Waals surface area contributed by atoms with Gasteiger partial charge in [-0.15, -0.1) is 0 Å². The van der Waals surface area contributed by atoms with E-state index >= 15 is 0 Å². The van der Waals surface area contributed by atoms with Crippen LogP contribution in [-0.4, -0.2) is 30.4 Å². The molecule has 1 aliphatic heterocycles.